The Labute approximate surface area is 124 Å². The van der Waals surface area contributed by atoms with Crippen LogP contribution in [0.4, 0.5) is 5.69 Å². The Morgan fingerprint density at radius 3 is 2.76 bits per heavy atom. The molecule has 1 aromatic rings. The fourth-order valence-electron chi connectivity index (χ4n) is 2.35. The van der Waals surface area contributed by atoms with Gasteiger partial charge >= 0.3 is 0 Å². The van der Waals surface area contributed by atoms with Crippen molar-refractivity contribution in [1.82, 2.24) is 4.90 Å². The summed E-state index contributed by atoms with van der Waals surface area (Å²) in [5.74, 6) is -0.553. The predicted molar refractivity (Wildman–Crippen MR) is 80.1 cm³/mol. The molecule has 1 saturated heterocycles. The number of hydrogen-bond donors (Lipinski definition) is 2. The molecule has 3 N–H and O–H groups in total. The van der Waals surface area contributed by atoms with Crippen LogP contribution in [0.2, 0.25) is 0 Å². The number of benzene rings is 1. The minimum atomic E-state index is -0.480. The maximum Gasteiger partial charge on any atom is 0.248 e. The first-order valence-electron chi connectivity index (χ1n) is 7.08. The molecule has 1 aliphatic heterocycles. The van der Waals surface area contributed by atoms with Gasteiger partial charge in [-0.2, -0.15) is 0 Å². The van der Waals surface area contributed by atoms with Crippen LogP contribution in [0.5, 0.6) is 0 Å². The van der Waals surface area contributed by atoms with E-state index in [4.69, 9.17) is 10.5 Å². The lowest BCUT2D eigenvalue weighted by atomic mass is 10.2. The molecule has 2 amide bonds. The second-order valence-electron chi connectivity index (χ2n) is 5.26. The van der Waals surface area contributed by atoms with Crippen LogP contribution < -0.4 is 11.1 Å². The molecule has 0 spiro atoms. The molecule has 6 nitrogen and oxygen atoms in total. The van der Waals surface area contributed by atoms with E-state index in [0.29, 0.717) is 17.8 Å². The number of nitrogens with zero attached hydrogens (tertiary/aromatic N) is 1. The summed E-state index contributed by atoms with van der Waals surface area (Å²) in [6, 6.07) is 6.54. The van der Waals surface area contributed by atoms with Crippen molar-refractivity contribution in [3.05, 3.63) is 29.8 Å². The van der Waals surface area contributed by atoms with Gasteiger partial charge in [0.1, 0.15) is 0 Å². The number of primary amides is 1. The molecule has 0 aliphatic carbocycles. The van der Waals surface area contributed by atoms with Gasteiger partial charge < -0.3 is 15.8 Å². The number of ether oxygens (including phenoxy) is 1. The van der Waals surface area contributed by atoms with E-state index in [1.807, 2.05) is 6.92 Å². The van der Waals surface area contributed by atoms with E-state index in [1.54, 1.807) is 24.3 Å². The Kier molecular flexibility index (Phi) is 5.30. The molecule has 1 fully saturated rings. The van der Waals surface area contributed by atoms with Gasteiger partial charge in [0.2, 0.25) is 11.8 Å². The van der Waals surface area contributed by atoms with Crippen LogP contribution in [0.25, 0.3) is 0 Å². The lowest BCUT2D eigenvalue weighted by molar-refractivity contribution is -0.117. The van der Waals surface area contributed by atoms with Gasteiger partial charge in [-0.15, -0.1) is 0 Å². The van der Waals surface area contributed by atoms with Crippen molar-refractivity contribution >= 4 is 17.5 Å². The highest BCUT2D eigenvalue weighted by Crippen LogP contribution is 2.10. The third kappa shape index (κ3) is 4.84. The molecule has 0 aromatic heterocycles. The number of amides is 2. The third-order valence-electron chi connectivity index (χ3n) is 3.36. The SMILES string of the molecule is C[C@H]1CN(CC(=O)Nc2ccc(C(N)=O)cc2)CCCO1. The van der Waals surface area contributed by atoms with E-state index in [1.165, 1.54) is 0 Å². The fourth-order valence-corrected chi connectivity index (χ4v) is 2.35. The van der Waals surface area contributed by atoms with Crippen molar-refractivity contribution in [3.8, 4) is 0 Å². The number of rotatable bonds is 4. The molecular formula is C15H21N3O3. The first-order chi connectivity index (χ1) is 10.0. The molecule has 0 saturated carbocycles. The van der Waals surface area contributed by atoms with E-state index in [-0.39, 0.29) is 12.0 Å². The summed E-state index contributed by atoms with van der Waals surface area (Å²) in [6.45, 7) is 4.71. The molecule has 0 radical (unpaired) electrons. The average Bonchev–Trinajstić information content (AvgIpc) is 2.63. The molecule has 1 aliphatic rings. The monoisotopic (exact) mass is 291 g/mol. The van der Waals surface area contributed by atoms with E-state index in [2.05, 4.69) is 10.2 Å². The van der Waals surface area contributed by atoms with Crippen molar-refractivity contribution in [2.45, 2.75) is 19.4 Å². The first-order valence-corrected chi connectivity index (χ1v) is 7.08. The summed E-state index contributed by atoms with van der Waals surface area (Å²) in [5, 5.41) is 2.82. The number of anilines is 1. The lowest BCUT2D eigenvalue weighted by Gasteiger charge is -2.21. The average molecular weight is 291 g/mol. The van der Waals surface area contributed by atoms with Gasteiger partial charge in [-0.25, -0.2) is 0 Å². The zero-order valence-electron chi connectivity index (χ0n) is 12.2. The second kappa shape index (κ2) is 7.19. The minimum absolute atomic E-state index is 0.0732. The van der Waals surface area contributed by atoms with Gasteiger partial charge in [0, 0.05) is 30.9 Å². The molecule has 0 unspecified atom stereocenters. The van der Waals surface area contributed by atoms with Gasteiger partial charge in [0.05, 0.1) is 12.6 Å². The Hall–Kier alpha value is -1.92. The highest BCUT2D eigenvalue weighted by molar-refractivity contribution is 5.95. The standard InChI is InChI=1S/C15H21N3O3/c1-11-9-18(7-2-8-21-11)10-14(19)17-13-5-3-12(4-6-13)15(16)20/h3-6,11H,2,7-10H2,1H3,(H2,16,20)(H,17,19)/t11-/m0/s1. The molecule has 1 atom stereocenters. The normalized spacial score (nSPS) is 19.8. The second-order valence-corrected chi connectivity index (χ2v) is 5.26. The van der Waals surface area contributed by atoms with Crippen LogP contribution in [0, 0.1) is 0 Å². The summed E-state index contributed by atoms with van der Waals surface area (Å²) in [5.41, 5.74) is 6.25. The number of nitrogens with one attached hydrogen (secondary N) is 1. The van der Waals surface area contributed by atoms with E-state index in [9.17, 15) is 9.59 Å². The molecule has 114 valence electrons. The van der Waals surface area contributed by atoms with Crippen molar-refractivity contribution < 1.29 is 14.3 Å². The van der Waals surface area contributed by atoms with Crippen molar-refractivity contribution in [3.63, 3.8) is 0 Å². The van der Waals surface area contributed by atoms with Crippen molar-refractivity contribution in [2.24, 2.45) is 5.73 Å². The van der Waals surface area contributed by atoms with Crippen molar-refractivity contribution in [1.29, 1.82) is 0 Å². The summed E-state index contributed by atoms with van der Waals surface area (Å²) in [7, 11) is 0. The predicted octanol–water partition coefficient (Wildman–Crippen LogP) is 0.835. The molecule has 0 bridgehead atoms. The molecular weight excluding hydrogens is 270 g/mol. The van der Waals surface area contributed by atoms with E-state index in [0.717, 1.165) is 26.1 Å². The minimum Gasteiger partial charge on any atom is -0.377 e. The lowest BCUT2D eigenvalue weighted by Crippen LogP contribution is -2.37. The largest absolute Gasteiger partial charge is 0.377 e. The van der Waals surface area contributed by atoms with Gasteiger partial charge in [-0.1, -0.05) is 0 Å². The zero-order chi connectivity index (χ0) is 15.2. The van der Waals surface area contributed by atoms with Gasteiger partial charge in [-0.3, -0.25) is 14.5 Å². The molecule has 21 heavy (non-hydrogen) atoms. The molecule has 1 heterocycles. The zero-order valence-corrected chi connectivity index (χ0v) is 12.2. The molecule has 1 aromatic carbocycles. The van der Waals surface area contributed by atoms with Crippen LogP contribution >= 0.6 is 0 Å². The van der Waals surface area contributed by atoms with Crippen LogP contribution in [-0.2, 0) is 9.53 Å². The highest BCUT2D eigenvalue weighted by atomic mass is 16.5. The Morgan fingerprint density at radius 2 is 2.10 bits per heavy atom. The maximum atomic E-state index is 12.0. The van der Waals surface area contributed by atoms with Crippen LogP contribution in [-0.4, -0.2) is 49.1 Å². The Balaban J connectivity index is 1.87. The first kappa shape index (κ1) is 15.5. The highest BCUT2D eigenvalue weighted by Gasteiger charge is 2.17. The number of hydrogen-bond acceptors (Lipinski definition) is 4. The number of carbonyl (C=O) groups excluding carboxylic acids is 2. The van der Waals surface area contributed by atoms with Crippen LogP contribution in [0.15, 0.2) is 24.3 Å². The summed E-state index contributed by atoms with van der Waals surface area (Å²) < 4.78 is 5.55. The van der Waals surface area contributed by atoms with Crippen LogP contribution in [0.3, 0.4) is 0 Å². The number of carbonyl (C=O) groups is 2. The van der Waals surface area contributed by atoms with Gasteiger partial charge in [0.15, 0.2) is 0 Å². The summed E-state index contributed by atoms with van der Waals surface area (Å²) in [4.78, 5) is 25.1. The maximum absolute atomic E-state index is 12.0. The van der Waals surface area contributed by atoms with Gasteiger partial charge in [0.25, 0.3) is 0 Å². The van der Waals surface area contributed by atoms with E-state index < -0.39 is 5.91 Å². The fraction of sp³-hybridized carbons (Fsp3) is 0.467. The smallest absolute Gasteiger partial charge is 0.248 e. The molecule has 6 heteroatoms. The van der Waals surface area contributed by atoms with Crippen molar-refractivity contribution in [2.75, 3.05) is 31.6 Å². The molecule has 2 rings (SSSR count). The topological polar surface area (TPSA) is 84.7 Å². The Morgan fingerprint density at radius 1 is 1.38 bits per heavy atom. The third-order valence-corrected chi connectivity index (χ3v) is 3.36. The Bertz CT molecular complexity index is 501. The quantitative estimate of drug-likeness (QED) is 0.860. The van der Waals surface area contributed by atoms with Gasteiger partial charge in [-0.05, 0) is 37.6 Å². The summed E-state index contributed by atoms with van der Waals surface area (Å²) in [6.07, 6.45) is 1.08. The number of nitrogens with two attached hydrogens (primary N) is 1. The van der Waals surface area contributed by atoms with Crippen LogP contribution in [0.1, 0.15) is 23.7 Å². The summed E-state index contributed by atoms with van der Waals surface area (Å²) >= 11 is 0. The van der Waals surface area contributed by atoms with E-state index >= 15 is 0 Å².